The van der Waals surface area contributed by atoms with Crippen LogP contribution in [0.25, 0.3) is 0 Å². The molecule has 0 saturated heterocycles. The highest BCUT2D eigenvalue weighted by atomic mass is 35.5. The average Bonchev–Trinajstić information content (AvgIpc) is 2.32. The van der Waals surface area contributed by atoms with Crippen LogP contribution in [0.3, 0.4) is 0 Å². The summed E-state index contributed by atoms with van der Waals surface area (Å²) in [4.78, 5) is 0. The van der Waals surface area contributed by atoms with Crippen LogP contribution in [0, 0.1) is 0 Å². The predicted molar refractivity (Wildman–Crippen MR) is 91.8 cm³/mol. The smallest absolute Gasteiger partial charge is 0.0650 e. The van der Waals surface area contributed by atoms with Crippen LogP contribution in [0.15, 0.2) is 6.07 Å². The van der Waals surface area contributed by atoms with E-state index in [1.165, 1.54) is 0 Å². The third kappa shape index (κ3) is 4.83. The topological polar surface area (TPSA) is 0 Å². The second-order valence-electron chi connectivity index (χ2n) is 3.08. The van der Waals surface area contributed by atoms with Crippen molar-refractivity contribution in [2.45, 2.75) is 11.5 Å². The fourth-order valence-corrected chi connectivity index (χ4v) is 4.01. The lowest BCUT2D eigenvalue weighted by atomic mass is 10.1. The molecule has 0 aliphatic carbocycles. The molecule has 0 fully saturated rings. The summed E-state index contributed by atoms with van der Waals surface area (Å²) in [6.07, 6.45) is 0. The molecule has 0 spiro atoms. The van der Waals surface area contributed by atoms with Gasteiger partial charge in [-0.25, -0.2) is 0 Å². The maximum atomic E-state index is 6.24. The van der Waals surface area contributed by atoms with Crippen LogP contribution in [-0.2, 0) is 11.5 Å². The molecule has 0 unspecified atom stereocenters. The molecular weight excluding hydrogens is 355 g/mol. The van der Waals surface area contributed by atoms with Gasteiger partial charge < -0.3 is 0 Å². The van der Waals surface area contributed by atoms with Crippen molar-refractivity contribution in [3.8, 4) is 0 Å². The summed E-state index contributed by atoms with van der Waals surface area (Å²) in [5, 5.41) is 3.29. The van der Waals surface area contributed by atoms with Gasteiger partial charge in [0.1, 0.15) is 0 Å². The molecule has 0 bridgehead atoms. The van der Waals surface area contributed by atoms with Crippen molar-refractivity contribution in [1.82, 2.24) is 0 Å². The zero-order valence-corrected chi connectivity index (χ0v) is 14.4. The lowest BCUT2D eigenvalue weighted by Crippen LogP contribution is -1.92. The zero-order valence-electron chi connectivity index (χ0n) is 8.75. The Bertz CT molecular complexity index is 384. The van der Waals surface area contributed by atoms with Crippen LogP contribution in [0.4, 0.5) is 0 Å². The lowest BCUT2D eigenvalue weighted by molar-refractivity contribution is 1.34. The Labute approximate surface area is 136 Å². The van der Waals surface area contributed by atoms with Crippen LogP contribution in [-0.4, -0.2) is 10.2 Å². The van der Waals surface area contributed by atoms with Crippen molar-refractivity contribution in [3.63, 3.8) is 0 Å². The van der Waals surface area contributed by atoms with Crippen molar-refractivity contribution >= 4 is 83.6 Å². The van der Waals surface area contributed by atoms with Crippen LogP contribution >= 0.6 is 83.6 Å². The minimum absolute atomic E-state index is 0.559. The Hall–Kier alpha value is 1.49. The first-order valence-corrected chi connectivity index (χ1v) is 9.35. The van der Waals surface area contributed by atoms with Gasteiger partial charge >= 0.3 is 0 Å². The quantitative estimate of drug-likeness (QED) is 0.366. The highest BCUT2D eigenvalue weighted by molar-refractivity contribution is 8.09. The molecule has 7 heteroatoms. The molecule has 1 aromatic carbocycles. The summed E-state index contributed by atoms with van der Waals surface area (Å²) in [6, 6.07) is 1.89. The highest BCUT2D eigenvalue weighted by Crippen LogP contribution is 2.38. The van der Waals surface area contributed by atoms with Gasteiger partial charge in [0.15, 0.2) is 0 Å². The van der Waals surface area contributed by atoms with Gasteiger partial charge in [0.05, 0.1) is 10.0 Å². The van der Waals surface area contributed by atoms with Gasteiger partial charge in [-0.05, 0) is 11.6 Å². The fraction of sp³-hybridized carbons (Fsp3) is 0.400. The van der Waals surface area contributed by atoms with Crippen LogP contribution in [0.5, 0.6) is 0 Å². The molecule has 96 valence electrons. The van der Waals surface area contributed by atoms with E-state index in [9.17, 15) is 0 Å². The van der Waals surface area contributed by atoms with Crippen molar-refractivity contribution < 1.29 is 0 Å². The van der Waals surface area contributed by atoms with E-state index in [1.54, 1.807) is 23.5 Å². The molecule has 0 aliphatic heterocycles. The number of thioether (sulfide) groups is 2. The third-order valence-corrected chi connectivity index (χ3v) is 5.77. The molecule has 0 heterocycles. The zero-order chi connectivity index (χ0) is 12.8. The minimum atomic E-state index is 0.559. The Morgan fingerprint density at radius 3 is 2.12 bits per heavy atom. The van der Waals surface area contributed by atoms with E-state index in [1.807, 2.05) is 6.07 Å². The molecule has 1 rings (SSSR count). The molecule has 0 nitrogen and oxygen atoms in total. The molecule has 0 radical (unpaired) electrons. The first-order chi connectivity index (χ1) is 8.11. The maximum absolute atomic E-state index is 6.24. The van der Waals surface area contributed by atoms with E-state index < -0.39 is 0 Å². The summed E-state index contributed by atoms with van der Waals surface area (Å²) in [5.41, 5.74) is 1.84. The number of benzene rings is 1. The Kier molecular flexibility index (Phi) is 8.39. The summed E-state index contributed by atoms with van der Waals surface area (Å²) in [6.45, 7) is 0. The number of rotatable bonds is 6. The lowest BCUT2D eigenvalue weighted by Gasteiger charge is -2.12. The number of thiol groups is 2. The molecule has 0 aliphatic rings. The van der Waals surface area contributed by atoms with Gasteiger partial charge in [0.25, 0.3) is 0 Å². The van der Waals surface area contributed by atoms with Crippen LogP contribution in [0.1, 0.15) is 11.1 Å². The fourth-order valence-electron chi connectivity index (χ4n) is 1.22. The SMILES string of the molecule is SCSCc1cc(Cl)c(CSCS)c(Cl)c1Cl. The Morgan fingerprint density at radius 1 is 0.941 bits per heavy atom. The molecule has 0 N–H and O–H groups in total. The van der Waals surface area contributed by atoms with Crippen molar-refractivity contribution in [3.05, 3.63) is 32.3 Å². The largest absolute Gasteiger partial charge is 0.168 e. The van der Waals surface area contributed by atoms with Crippen molar-refractivity contribution in [1.29, 1.82) is 0 Å². The highest BCUT2D eigenvalue weighted by Gasteiger charge is 2.14. The van der Waals surface area contributed by atoms with Gasteiger partial charge in [-0.2, -0.15) is 25.3 Å². The molecule has 17 heavy (non-hydrogen) atoms. The Balaban J connectivity index is 2.99. The second-order valence-corrected chi connectivity index (χ2v) is 7.70. The molecule has 0 atom stereocenters. The first kappa shape index (κ1) is 16.5. The van der Waals surface area contributed by atoms with E-state index in [2.05, 4.69) is 25.3 Å². The number of hydrogen-bond acceptors (Lipinski definition) is 4. The monoisotopic (exact) mass is 364 g/mol. The minimum Gasteiger partial charge on any atom is -0.168 e. The number of hydrogen-bond donors (Lipinski definition) is 2. The predicted octanol–water partition coefficient (Wildman–Crippen LogP) is 5.89. The van der Waals surface area contributed by atoms with E-state index in [0.29, 0.717) is 15.1 Å². The van der Waals surface area contributed by atoms with Gasteiger partial charge in [0, 0.05) is 32.3 Å². The summed E-state index contributed by atoms with van der Waals surface area (Å²) in [7, 11) is 0. The van der Waals surface area contributed by atoms with Crippen LogP contribution < -0.4 is 0 Å². The molecule has 0 amide bonds. The van der Waals surface area contributed by atoms with Crippen LogP contribution in [0.2, 0.25) is 15.1 Å². The molecular formula is C10H11Cl3S4. The van der Waals surface area contributed by atoms with Gasteiger partial charge in [-0.15, -0.1) is 23.5 Å². The summed E-state index contributed by atoms with van der Waals surface area (Å²) in [5.74, 6) is 1.49. The van der Waals surface area contributed by atoms with E-state index in [0.717, 1.165) is 32.8 Å². The van der Waals surface area contributed by atoms with Gasteiger partial charge in [0.2, 0.25) is 0 Å². The van der Waals surface area contributed by atoms with E-state index >= 15 is 0 Å². The molecule has 0 aromatic heterocycles. The Morgan fingerprint density at radius 2 is 1.53 bits per heavy atom. The normalized spacial score (nSPS) is 10.9. The summed E-state index contributed by atoms with van der Waals surface area (Å²) >= 11 is 30.3. The van der Waals surface area contributed by atoms with Gasteiger partial charge in [-0.1, -0.05) is 34.8 Å². The van der Waals surface area contributed by atoms with E-state index in [4.69, 9.17) is 34.8 Å². The number of halogens is 3. The van der Waals surface area contributed by atoms with Gasteiger partial charge in [-0.3, -0.25) is 0 Å². The molecule has 1 aromatic rings. The van der Waals surface area contributed by atoms with Crippen molar-refractivity contribution in [2.24, 2.45) is 0 Å². The van der Waals surface area contributed by atoms with E-state index in [-0.39, 0.29) is 0 Å². The average molecular weight is 366 g/mol. The standard InChI is InChI=1S/C10H11Cl3S4/c11-8-1-6(2-16-4-14)9(12)10(13)7(8)3-17-5-15/h1,14-15H,2-5H2. The summed E-state index contributed by atoms with van der Waals surface area (Å²) < 4.78 is 0. The molecule has 0 saturated carbocycles. The second kappa shape index (κ2) is 8.62. The first-order valence-electron chi connectivity index (χ1n) is 4.64. The third-order valence-electron chi connectivity index (χ3n) is 2.02. The van der Waals surface area contributed by atoms with Crippen molar-refractivity contribution in [2.75, 3.05) is 10.2 Å². The maximum Gasteiger partial charge on any atom is 0.0650 e.